The number of carbonyl (C=O) groups excluding carboxylic acids is 1. The van der Waals surface area contributed by atoms with Crippen molar-refractivity contribution < 1.29 is 9.21 Å². The van der Waals surface area contributed by atoms with E-state index in [0.717, 1.165) is 54.7 Å². The van der Waals surface area contributed by atoms with Crippen LogP contribution in [0.2, 0.25) is 5.02 Å². The number of hydrogen-bond donors (Lipinski definition) is 0. The number of likely N-dealkylation sites (tertiary alicyclic amines) is 2. The second-order valence-corrected chi connectivity index (χ2v) is 8.42. The van der Waals surface area contributed by atoms with Crippen molar-refractivity contribution in [2.75, 3.05) is 32.7 Å². The van der Waals surface area contributed by atoms with Crippen LogP contribution < -0.4 is 0 Å². The third-order valence-corrected chi connectivity index (χ3v) is 6.05. The molecule has 2 fully saturated rings. The average Bonchev–Trinajstić information content (AvgIpc) is 3.19. The average molecular weight is 402 g/mol. The number of oxazole rings is 1. The Hall–Kier alpha value is -1.85. The van der Waals surface area contributed by atoms with Gasteiger partial charge in [0.2, 0.25) is 5.91 Å². The van der Waals surface area contributed by atoms with Gasteiger partial charge < -0.3 is 9.32 Å². The Kier molecular flexibility index (Phi) is 6.33. The zero-order valence-corrected chi connectivity index (χ0v) is 17.0. The molecular formula is C22H28ClN3O2. The Morgan fingerprint density at radius 3 is 2.68 bits per heavy atom. The fourth-order valence-corrected chi connectivity index (χ4v) is 4.34. The van der Waals surface area contributed by atoms with Gasteiger partial charge in [-0.15, -0.1) is 0 Å². The molecule has 2 saturated heterocycles. The number of benzene rings is 1. The van der Waals surface area contributed by atoms with E-state index in [9.17, 15) is 4.79 Å². The second-order valence-electron chi connectivity index (χ2n) is 7.98. The largest absolute Gasteiger partial charge is 0.445 e. The summed E-state index contributed by atoms with van der Waals surface area (Å²) in [5, 5.41) is 0.735. The van der Waals surface area contributed by atoms with Gasteiger partial charge in [0.05, 0.1) is 18.7 Å². The first-order valence-electron chi connectivity index (χ1n) is 10.4. The van der Waals surface area contributed by atoms with E-state index in [2.05, 4.69) is 9.88 Å². The first-order chi connectivity index (χ1) is 13.7. The lowest BCUT2D eigenvalue weighted by Gasteiger charge is -2.34. The van der Waals surface area contributed by atoms with E-state index >= 15 is 0 Å². The zero-order chi connectivity index (χ0) is 19.3. The maximum Gasteiger partial charge on any atom is 0.236 e. The maximum atomic E-state index is 12.7. The van der Waals surface area contributed by atoms with E-state index in [4.69, 9.17) is 16.0 Å². The van der Waals surface area contributed by atoms with Gasteiger partial charge in [0.25, 0.3) is 0 Å². The number of nitrogens with zero attached hydrogens (tertiary/aromatic N) is 3. The Bertz CT molecular complexity index is 783. The molecule has 1 atom stereocenters. The molecule has 0 aliphatic carbocycles. The van der Waals surface area contributed by atoms with Crippen molar-refractivity contribution in [3.05, 3.63) is 52.7 Å². The minimum atomic E-state index is 0.193. The Balaban J connectivity index is 1.34. The summed E-state index contributed by atoms with van der Waals surface area (Å²) in [5.41, 5.74) is 1.15. The van der Waals surface area contributed by atoms with Crippen LogP contribution in [-0.2, 0) is 11.2 Å². The molecule has 3 heterocycles. The number of amides is 1. The van der Waals surface area contributed by atoms with Crippen LogP contribution in [0.1, 0.15) is 55.2 Å². The van der Waals surface area contributed by atoms with E-state index in [0.29, 0.717) is 19.5 Å². The van der Waals surface area contributed by atoms with Gasteiger partial charge in [-0.2, -0.15) is 0 Å². The number of piperidine rings is 2. The molecular weight excluding hydrogens is 374 g/mol. The number of aromatic nitrogens is 1. The fraction of sp³-hybridized carbons (Fsp3) is 0.545. The summed E-state index contributed by atoms with van der Waals surface area (Å²) in [5.74, 6) is 2.06. The first-order valence-corrected chi connectivity index (χ1v) is 10.7. The lowest BCUT2D eigenvalue weighted by molar-refractivity contribution is -0.134. The topological polar surface area (TPSA) is 49.6 Å². The Morgan fingerprint density at radius 1 is 1.11 bits per heavy atom. The zero-order valence-electron chi connectivity index (χ0n) is 16.3. The molecule has 2 aliphatic rings. The van der Waals surface area contributed by atoms with Crippen LogP contribution in [0.25, 0.3) is 0 Å². The van der Waals surface area contributed by atoms with Crippen LogP contribution in [0.4, 0.5) is 0 Å². The van der Waals surface area contributed by atoms with Gasteiger partial charge in [0.15, 0.2) is 5.89 Å². The molecule has 4 rings (SSSR count). The molecule has 0 unspecified atom stereocenters. The number of hydrogen-bond acceptors (Lipinski definition) is 4. The van der Waals surface area contributed by atoms with Gasteiger partial charge in [0.1, 0.15) is 5.76 Å². The van der Waals surface area contributed by atoms with Gasteiger partial charge in [-0.25, -0.2) is 4.98 Å². The molecule has 150 valence electrons. The third kappa shape index (κ3) is 4.95. The molecule has 0 N–H and O–H groups in total. The molecule has 0 spiro atoms. The van der Waals surface area contributed by atoms with E-state index < -0.39 is 0 Å². The normalized spacial score (nSPS) is 21.0. The summed E-state index contributed by atoms with van der Waals surface area (Å²) < 4.78 is 6.04. The number of carbonyl (C=O) groups is 1. The predicted octanol–water partition coefficient (Wildman–Crippen LogP) is 4.11. The molecule has 1 amide bonds. The number of halogens is 1. The first kappa shape index (κ1) is 19.5. The lowest BCUT2D eigenvalue weighted by Crippen LogP contribution is -2.45. The quantitative estimate of drug-likeness (QED) is 0.756. The van der Waals surface area contributed by atoms with Crippen LogP contribution in [0.3, 0.4) is 0 Å². The van der Waals surface area contributed by atoms with Crippen molar-refractivity contribution in [3.8, 4) is 0 Å². The monoisotopic (exact) mass is 401 g/mol. The highest BCUT2D eigenvalue weighted by atomic mass is 35.5. The summed E-state index contributed by atoms with van der Waals surface area (Å²) in [6.07, 6.45) is 8.26. The van der Waals surface area contributed by atoms with Crippen LogP contribution >= 0.6 is 11.6 Å². The highest BCUT2D eigenvalue weighted by Crippen LogP contribution is 2.27. The highest BCUT2D eigenvalue weighted by molar-refractivity contribution is 6.30. The van der Waals surface area contributed by atoms with Gasteiger partial charge in [-0.3, -0.25) is 9.69 Å². The Morgan fingerprint density at radius 2 is 1.89 bits per heavy atom. The van der Waals surface area contributed by atoms with E-state index in [1.165, 1.54) is 19.3 Å². The summed E-state index contributed by atoms with van der Waals surface area (Å²) in [4.78, 5) is 21.6. The van der Waals surface area contributed by atoms with E-state index in [1.807, 2.05) is 35.4 Å². The lowest BCUT2D eigenvalue weighted by atomic mass is 9.98. The minimum absolute atomic E-state index is 0.193. The summed E-state index contributed by atoms with van der Waals surface area (Å²) in [6, 6.07) is 7.79. The molecule has 6 heteroatoms. The second kappa shape index (κ2) is 9.10. The van der Waals surface area contributed by atoms with E-state index in [-0.39, 0.29) is 11.8 Å². The molecule has 2 aliphatic heterocycles. The SMILES string of the molecule is O=C(CN1CCCCC1)N1CCC[C@@H](c2ncc(Cc3ccc(Cl)cc3)o2)C1. The highest BCUT2D eigenvalue weighted by Gasteiger charge is 2.28. The van der Waals surface area contributed by atoms with E-state index in [1.54, 1.807) is 0 Å². The van der Waals surface area contributed by atoms with Crippen LogP contribution in [0, 0.1) is 0 Å². The van der Waals surface area contributed by atoms with Crippen LogP contribution in [-0.4, -0.2) is 53.4 Å². The smallest absolute Gasteiger partial charge is 0.236 e. The van der Waals surface area contributed by atoms with Crippen molar-refractivity contribution in [3.63, 3.8) is 0 Å². The molecule has 1 aromatic carbocycles. The van der Waals surface area contributed by atoms with Crippen LogP contribution in [0.5, 0.6) is 0 Å². The van der Waals surface area contributed by atoms with Gasteiger partial charge >= 0.3 is 0 Å². The predicted molar refractivity (Wildman–Crippen MR) is 110 cm³/mol. The van der Waals surface area contributed by atoms with Crippen molar-refractivity contribution in [2.24, 2.45) is 0 Å². The molecule has 5 nitrogen and oxygen atoms in total. The molecule has 0 bridgehead atoms. The fourth-order valence-electron chi connectivity index (χ4n) is 4.21. The van der Waals surface area contributed by atoms with Crippen molar-refractivity contribution in [2.45, 2.75) is 44.4 Å². The molecule has 0 saturated carbocycles. The van der Waals surface area contributed by atoms with Crippen molar-refractivity contribution in [1.82, 2.24) is 14.8 Å². The summed E-state index contributed by atoms with van der Waals surface area (Å²) in [6.45, 7) is 4.23. The molecule has 2 aromatic rings. The molecule has 1 aromatic heterocycles. The van der Waals surface area contributed by atoms with Crippen molar-refractivity contribution in [1.29, 1.82) is 0 Å². The number of rotatable bonds is 5. The van der Waals surface area contributed by atoms with Gasteiger partial charge in [-0.1, -0.05) is 30.2 Å². The standard InChI is InChI=1S/C22H28ClN3O2/c23-19-8-6-17(7-9-19)13-20-14-24-22(28-20)18-5-4-12-26(15-18)21(27)16-25-10-2-1-3-11-25/h6-9,14,18H,1-5,10-13,15-16H2/t18-/m1/s1. The van der Waals surface area contributed by atoms with Gasteiger partial charge in [0, 0.05) is 24.5 Å². The van der Waals surface area contributed by atoms with Gasteiger partial charge in [-0.05, 0) is 56.5 Å². The summed E-state index contributed by atoms with van der Waals surface area (Å²) in [7, 11) is 0. The maximum absolute atomic E-state index is 12.7. The molecule has 28 heavy (non-hydrogen) atoms. The Labute approximate surface area is 171 Å². The molecule has 0 radical (unpaired) electrons. The minimum Gasteiger partial charge on any atom is -0.445 e. The summed E-state index contributed by atoms with van der Waals surface area (Å²) >= 11 is 5.95. The third-order valence-electron chi connectivity index (χ3n) is 5.79. The van der Waals surface area contributed by atoms with Crippen LogP contribution in [0.15, 0.2) is 34.9 Å². The van der Waals surface area contributed by atoms with Crippen molar-refractivity contribution >= 4 is 17.5 Å².